The fourth-order valence-electron chi connectivity index (χ4n) is 4.21. The molecule has 0 aliphatic heterocycles. The Labute approximate surface area is 195 Å². The largest absolute Gasteiger partial charge is 3.00 e. The predicted molar refractivity (Wildman–Crippen MR) is 105 cm³/mol. The van der Waals surface area contributed by atoms with Crippen molar-refractivity contribution in [2.75, 3.05) is 0 Å². The predicted octanol–water partition coefficient (Wildman–Crippen LogP) is 1.40. The van der Waals surface area contributed by atoms with Gasteiger partial charge < -0.3 is 24.8 Å². The SMILES string of the molecule is CC(C)c1cc2c(-c3ccc(C4CCCCC4)cc3)cccc2[cH-]1.[Cl-].[Cl-].[Zr+3]. The minimum Gasteiger partial charge on any atom is -1.00 e. The molecule has 0 amide bonds. The van der Waals surface area contributed by atoms with Crippen molar-refractivity contribution in [2.45, 2.75) is 57.8 Å². The van der Waals surface area contributed by atoms with Gasteiger partial charge in [0.25, 0.3) is 0 Å². The van der Waals surface area contributed by atoms with E-state index in [1.54, 1.807) is 0 Å². The van der Waals surface area contributed by atoms with Crippen molar-refractivity contribution in [3.8, 4) is 11.1 Å². The van der Waals surface area contributed by atoms with Gasteiger partial charge >= 0.3 is 26.2 Å². The van der Waals surface area contributed by atoms with E-state index in [4.69, 9.17) is 0 Å². The van der Waals surface area contributed by atoms with E-state index in [1.807, 2.05) is 0 Å². The Morgan fingerprint density at radius 2 is 1.56 bits per heavy atom. The summed E-state index contributed by atoms with van der Waals surface area (Å²) in [4.78, 5) is 0. The van der Waals surface area contributed by atoms with Gasteiger partial charge in [0.1, 0.15) is 0 Å². The zero-order chi connectivity index (χ0) is 16.5. The molecule has 0 heterocycles. The normalized spacial score (nSPS) is 14.3. The molecule has 1 radical (unpaired) electrons. The van der Waals surface area contributed by atoms with E-state index in [0.717, 1.165) is 5.92 Å². The third-order valence-electron chi connectivity index (χ3n) is 5.74. The summed E-state index contributed by atoms with van der Waals surface area (Å²) in [7, 11) is 0. The van der Waals surface area contributed by atoms with E-state index in [-0.39, 0.29) is 51.0 Å². The molecule has 27 heavy (non-hydrogen) atoms. The topological polar surface area (TPSA) is 0 Å². The molecule has 0 N–H and O–H groups in total. The number of benzene rings is 2. The Hall–Kier alpha value is -0.487. The van der Waals surface area contributed by atoms with Crippen LogP contribution in [0.3, 0.4) is 0 Å². The van der Waals surface area contributed by atoms with Crippen LogP contribution in [0.15, 0.2) is 54.6 Å². The number of halogens is 2. The fourth-order valence-corrected chi connectivity index (χ4v) is 4.21. The molecule has 141 valence electrons. The second kappa shape index (κ2) is 10.9. The summed E-state index contributed by atoms with van der Waals surface area (Å²) in [6, 6.07) is 20.8. The van der Waals surface area contributed by atoms with Crippen molar-refractivity contribution in [2.24, 2.45) is 0 Å². The van der Waals surface area contributed by atoms with Crippen LogP contribution in [0.1, 0.15) is 68.9 Å². The van der Waals surface area contributed by atoms with Crippen LogP contribution in [0, 0.1) is 0 Å². The Balaban J connectivity index is 0.00000121. The van der Waals surface area contributed by atoms with Gasteiger partial charge in [0, 0.05) is 0 Å². The number of hydrogen-bond acceptors (Lipinski definition) is 0. The zero-order valence-electron chi connectivity index (χ0n) is 16.1. The van der Waals surface area contributed by atoms with Gasteiger partial charge in [0.15, 0.2) is 0 Å². The number of hydrogen-bond donors (Lipinski definition) is 0. The standard InChI is InChI=1S/C24H27.2ClH.Zr/c1-17(2)22-15-21-9-6-10-23(24(21)16-22)20-13-11-19(12-14-20)18-7-4-3-5-8-18;;;/h6,9-18H,3-5,7-8H2,1-2H3;2*1H;/q-1;;;+3/p-2. The molecule has 3 aromatic carbocycles. The van der Waals surface area contributed by atoms with Crippen molar-refractivity contribution in [1.82, 2.24) is 0 Å². The molecule has 4 rings (SSSR count). The summed E-state index contributed by atoms with van der Waals surface area (Å²) >= 11 is 0. The smallest absolute Gasteiger partial charge is 1.00 e. The maximum Gasteiger partial charge on any atom is 3.00 e. The Morgan fingerprint density at radius 3 is 2.19 bits per heavy atom. The molecule has 0 atom stereocenters. The van der Waals surface area contributed by atoms with E-state index >= 15 is 0 Å². The molecule has 1 aliphatic carbocycles. The average molecular weight is 478 g/mol. The molecule has 0 aromatic heterocycles. The van der Waals surface area contributed by atoms with Crippen LogP contribution in [0.4, 0.5) is 0 Å². The van der Waals surface area contributed by atoms with Gasteiger partial charge in [-0.2, -0.15) is 6.07 Å². The van der Waals surface area contributed by atoms with Crippen molar-refractivity contribution < 1.29 is 51.0 Å². The summed E-state index contributed by atoms with van der Waals surface area (Å²) in [6.07, 6.45) is 6.96. The first-order valence-electron chi connectivity index (χ1n) is 9.52. The van der Waals surface area contributed by atoms with E-state index in [1.165, 1.54) is 65.1 Å². The quantitative estimate of drug-likeness (QED) is 0.501. The Morgan fingerprint density at radius 1 is 0.889 bits per heavy atom. The third-order valence-corrected chi connectivity index (χ3v) is 5.74. The maximum absolute atomic E-state index is 2.38. The first-order chi connectivity index (χ1) is 11.7. The van der Waals surface area contributed by atoms with Crippen molar-refractivity contribution in [3.05, 3.63) is 65.7 Å². The Kier molecular flexibility index (Phi) is 9.91. The average Bonchev–Trinajstić information content (AvgIpc) is 3.07. The number of rotatable bonds is 3. The summed E-state index contributed by atoms with van der Waals surface area (Å²) in [6.45, 7) is 4.54. The van der Waals surface area contributed by atoms with Gasteiger partial charge in [-0.25, -0.2) is 0 Å². The summed E-state index contributed by atoms with van der Waals surface area (Å²) in [5.41, 5.74) is 5.70. The van der Waals surface area contributed by atoms with Gasteiger partial charge in [-0.3, -0.25) is 0 Å². The molecule has 0 nitrogen and oxygen atoms in total. The molecule has 0 unspecified atom stereocenters. The molecule has 0 bridgehead atoms. The molecule has 0 spiro atoms. The molecular formula is C24H27Cl2Zr. The molecule has 3 heteroatoms. The maximum atomic E-state index is 2.38. The molecule has 1 fully saturated rings. The second-order valence-electron chi connectivity index (χ2n) is 7.71. The van der Waals surface area contributed by atoms with Gasteiger partial charge in [0.2, 0.25) is 0 Å². The second-order valence-corrected chi connectivity index (χ2v) is 7.71. The van der Waals surface area contributed by atoms with E-state index in [2.05, 4.69) is 68.4 Å². The van der Waals surface area contributed by atoms with Crippen molar-refractivity contribution in [3.63, 3.8) is 0 Å². The third kappa shape index (κ3) is 5.32. The number of fused-ring (bicyclic) bond motifs is 1. The van der Waals surface area contributed by atoms with Crippen molar-refractivity contribution in [1.29, 1.82) is 0 Å². The van der Waals surface area contributed by atoms with Crippen LogP contribution in [-0.2, 0) is 26.2 Å². The monoisotopic (exact) mass is 475 g/mol. The van der Waals surface area contributed by atoms with E-state index in [0.29, 0.717) is 5.92 Å². The van der Waals surface area contributed by atoms with Crippen LogP contribution in [0.25, 0.3) is 21.9 Å². The minimum atomic E-state index is 0. The van der Waals surface area contributed by atoms with Crippen LogP contribution in [0.5, 0.6) is 0 Å². The van der Waals surface area contributed by atoms with Gasteiger partial charge in [0.05, 0.1) is 0 Å². The van der Waals surface area contributed by atoms with Crippen LogP contribution in [-0.4, -0.2) is 0 Å². The van der Waals surface area contributed by atoms with Crippen LogP contribution in [0.2, 0.25) is 0 Å². The molecular weight excluding hydrogens is 450 g/mol. The van der Waals surface area contributed by atoms with Gasteiger partial charge in [-0.05, 0) is 35.8 Å². The minimum absolute atomic E-state index is 0. The molecule has 1 aliphatic rings. The summed E-state index contributed by atoms with van der Waals surface area (Å²) < 4.78 is 0. The molecule has 0 saturated heterocycles. The Bertz CT molecular complexity index is 827. The van der Waals surface area contributed by atoms with Gasteiger partial charge in [-0.15, -0.1) is 34.5 Å². The zero-order valence-corrected chi connectivity index (χ0v) is 20.1. The van der Waals surface area contributed by atoms with E-state index in [9.17, 15) is 0 Å². The van der Waals surface area contributed by atoms with Crippen LogP contribution < -0.4 is 24.8 Å². The first kappa shape index (κ1) is 24.6. The van der Waals surface area contributed by atoms with Gasteiger partial charge in [-0.1, -0.05) is 69.0 Å². The van der Waals surface area contributed by atoms with Crippen molar-refractivity contribution >= 4 is 10.8 Å². The van der Waals surface area contributed by atoms with E-state index < -0.39 is 0 Å². The summed E-state index contributed by atoms with van der Waals surface area (Å²) in [5, 5.41) is 2.76. The van der Waals surface area contributed by atoms with Crippen LogP contribution >= 0.6 is 0 Å². The molecule has 3 aromatic rings. The fraction of sp³-hybridized carbons (Fsp3) is 0.375. The first-order valence-corrected chi connectivity index (χ1v) is 9.52. The summed E-state index contributed by atoms with van der Waals surface area (Å²) in [5.74, 6) is 1.37. The molecule has 1 saturated carbocycles.